The van der Waals surface area contributed by atoms with E-state index in [9.17, 15) is 0 Å². The first kappa shape index (κ1) is 11.6. The molecule has 0 radical (unpaired) electrons. The molecule has 0 bridgehead atoms. The van der Waals surface area contributed by atoms with Crippen LogP contribution in [0, 0.1) is 0 Å². The van der Waals surface area contributed by atoms with Gasteiger partial charge in [-0.3, -0.25) is 0 Å². The van der Waals surface area contributed by atoms with Gasteiger partial charge in [-0.15, -0.1) is 0 Å². The molecule has 0 aliphatic rings. The number of rotatable bonds is 3. The Morgan fingerprint density at radius 1 is 0.941 bits per heavy atom. The highest BCUT2D eigenvalue weighted by Crippen LogP contribution is 2.23. The Hall–Kier alpha value is -1.83. The van der Waals surface area contributed by atoms with Crippen LogP contribution in [0.3, 0.4) is 0 Å². The first-order chi connectivity index (χ1) is 8.24. The lowest BCUT2D eigenvalue weighted by Gasteiger charge is -2.09. The zero-order valence-electron chi connectivity index (χ0n) is 10.4. The Kier molecular flexibility index (Phi) is 3.43. The van der Waals surface area contributed by atoms with E-state index in [2.05, 4.69) is 37.0 Å². The van der Waals surface area contributed by atoms with Gasteiger partial charge in [0.2, 0.25) is 0 Å². The quantitative estimate of drug-likeness (QED) is 0.870. The van der Waals surface area contributed by atoms with Gasteiger partial charge in [-0.05, 0) is 41.7 Å². The van der Waals surface area contributed by atoms with E-state index >= 15 is 0 Å². The van der Waals surface area contributed by atoms with E-state index in [0.29, 0.717) is 5.82 Å². The van der Waals surface area contributed by atoms with Crippen molar-refractivity contribution >= 4 is 5.82 Å². The maximum Gasteiger partial charge on any atom is 0.123 e. The van der Waals surface area contributed by atoms with Crippen molar-refractivity contribution in [2.75, 3.05) is 5.73 Å². The monoisotopic (exact) mass is 226 g/mol. The first-order valence-electron chi connectivity index (χ1n) is 6.08. The number of nitrogen functional groups attached to an aromatic ring is 1. The van der Waals surface area contributed by atoms with Crippen molar-refractivity contribution in [3.63, 3.8) is 0 Å². The Balaban J connectivity index is 2.42. The summed E-state index contributed by atoms with van der Waals surface area (Å²) >= 11 is 0. The average molecular weight is 226 g/mol. The van der Waals surface area contributed by atoms with Crippen LogP contribution in [-0.2, 0) is 12.8 Å². The zero-order valence-corrected chi connectivity index (χ0v) is 10.4. The standard InChI is InChI=1S/C15H18N2/c1-3-11-5-6-13(9-12(11)4-2)14-7-8-15(16)17-10-14/h5-10H,3-4H2,1-2H3,(H2,16,17). The summed E-state index contributed by atoms with van der Waals surface area (Å²) in [5.41, 5.74) is 10.8. The molecule has 17 heavy (non-hydrogen) atoms. The van der Waals surface area contributed by atoms with Gasteiger partial charge in [0.25, 0.3) is 0 Å². The summed E-state index contributed by atoms with van der Waals surface area (Å²) in [4.78, 5) is 4.13. The van der Waals surface area contributed by atoms with E-state index in [1.54, 1.807) is 0 Å². The fourth-order valence-electron chi connectivity index (χ4n) is 2.06. The van der Waals surface area contributed by atoms with Crippen LogP contribution < -0.4 is 5.73 Å². The first-order valence-corrected chi connectivity index (χ1v) is 6.08. The third kappa shape index (κ3) is 2.47. The Labute approximate surface area is 103 Å². The molecule has 88 valence electrons. The molecule has 0 saturated heterocycles. The lowest BCUT2D eigenvalue weighted by Crippen LogP contribution is -1.93. The summed E-state index contributed by atoms with van der Waals surface area (Å²) in [6.07, 6.45) is 3.98. The van der Waals surface area contributed by atoms with E-state index in [1.165, 1.54) is 16.7 Å². The smallest absolute Gasteiger partial charge is 0.123 e. The van der Waals surface area contributed by atoms with Crippen molar-refractivity contribution in [1.82, 2.24) is 4.98 Å². The normalized spacial score (nSPS) is 10.5. The molecule has 2 aromatic rings. The van der Waals surface area contributed by atoms with Gasteiger partial charge in [-0.2, -0.15) is 0 Å². The second kappa shape index (κ2) is 5.00. The fourth-order valence-corrected chi connectivity index (χ4v) is 2.06. The average Bonchev–Trinajstić information content (AvgIpc) is 2.39. The predicted molar refractivity (Wildman–Crippen MR) is 72.8 cm³/mol. The molecule has 0 aliphatic heterocycles. The summed E-state index contributed by atoms with van der Waals surface area (Å²) in [6.45, 7) is 4.39. The van der Waals surface area contributed by atoms with Gasteiger partial charge in [0.15, 0.2) is 0 Å². The van der Waals surface area contributed by atoms with Crippen molar-refractivity contribution in [3.05, 3.63) is 47.7 Å². The van der Waals surface area contributed by atoms with Gasteiger partial charge in [-0.1, -0.05) is 32.0 Å². The number of benzene rings is 1. The maximum absolute atomic E-state index is 5.60. The number of nitrogens with two attached hydrogens (primary N) is 1. The topological polar surface area (TPSA) is 38.9 Å². The second-order valence-electron chi connectivity index (χ2n) is 4.16. The van der Waals surface area contributed by atoms with E-state index in [4.69, 9.17) is 5.73 Å². The second-order valence-corrected chi connectivity index (χ2v) is 4.16. The third-order valence-electron chi connectivity index (χ3n) is 3.09. The minimum atomic E-state index is 0.564. The molecular formula is C15H18N2. The zero-order chi connectivity index (χ0) is 12.3. The predicted octanol–water partition coefficient (Wildman–Crippen LogP) is 3.46. The van der Waals surface area contributed by atoms with E-state index in [0.717, 1.165) is 18.4 Å². The molecule has 2 rings (SSSR count). The molecule has 0 spiro atoms. The minimum Gasteiger partial charge on any atom is -0.384 e. The van der Waals surface area contributed by atoms with Crippen molar-refractivity contribution < 1.29 is 0 Å². The van der Waals surface area contributed by atoms with Crippen LogP contribution in [0.4, 0.5) is 5.82 Å². The lowest BCUT2D eigenvalue weighted by atomic mass is 9.97. The van der Waals surface area contributed by atoms with Crippen LogP contribution in [0.1, 0.15) is 25.0 Å². The van der Waals surface area contributed by atoms with E-state index in [1.807, 2.05) is 18.3 Å². The third-order valence-corrected chi connectivity index (χ3v) is 3.09. The number of aryl methyl sites for hydroxylation is 2. The van der Waals surface area contributed by atoms with Crippen LogP contribution in [0.2, 0.25) is 0 Å². The largest absolute Gasteiger partial charge is 0.384 e. The molecule has 0 atom stereocenters. The van der Waals surface area contributed by atoms with Gasteiger partial charge in [0.05, 0.1) is 0 Å². The number of aromatic nitrogens is 1. The molecule has 1 aromatic heterocycles. The summed E-state index contributed by atoms with van der Waals surface area (Å²) < 4.78 is 0. The van der Waals surface area contributed by atoms with Crippen molar-refractivity contribution in [2.45, 2.75) is 26.7 Å². The van der Waals surface area contributed by atoms with Crippen LogP contribution >= 0.6 is 0 Å². The summed E-state index contributed by atoms with van der Waals surface area (Å²) in [6, 6.07) is 10.5. The highest BCUT2D eigenvalue weighted by molar-refractivity contribution is 5.65. The van der Waals surface area contributed by atoms with Crippen LogP contribution in [0.5, 0.6) is 0 Å². The molecule has 2 nitrogen and oxygen atoms in total. The van der Waals surface area contributed by atoms with Crippen LogP contribution in [0.15, 0.2) is 36.5 Å². The van der Waals surface area contributed by atoms with E-state index in [-0.39, 0.29) is 0 Å². The highest BCUT2D eigenvalue weighted by Gasteiger charge is 2.03. The number of anilines is 1. The highest BCUT2D eigenvalue weighted by atomic mass is 14.8. The fraction of sp³-hybridized carbons (Fsp3) is 0.267. The molecule has 0 amide bonds. The SMILES string of the molecule is CCc1ccc(-c2ccc(N)nc2)cc1CC. The van der Waals surface area contributed by atoms with Crippen LogP contribution in [0.25, 0.3) is 11.1 Å². The van der Waals surface area contributed by atoms with Gasteiger partial charge < -0.3 is 5.73 Å². The van der Waals surface area contributed by atoms with Gasteiger partial charge in [-0.25, -0.2) is 4.98 Å². The Bertz CT molecular complexity index is 501. The van der Waals surface area contributed by atoms with E-state index < -0.39 is 0 Å². The number of nitrogens with zero attached hydrogens (tertiary/aromatic N) is 1. The molecular weight excluding hydrogens is 208 g/mol. The molecule has 1 aromatic carbocycles. The minimum absolute atomic E-state index is 0.564. The summed E-state index contributed by atoms with van der Waals surface area (Å²) in [7, 11) is 0. The van der Waals surface area contributed by atoms with Crippen LogP contribution in [-0.4, -0.2) is 4.98 Å². The Morgan fingerprint density at radius 3 is 2.24 bits per heavy atom. The maximum atomic E-state index is 5.60. The molecule has 0 unspecified atom stereocenters. The van der Waals surface area contributed by atoms with Crippen molar-refractivity contribution in [2.24, 2.45) is 0 Å². The molecule has 1 heterocycles. The summed E-state index contributed by atoms with van der Waals surface area (Å²) in [5.74, 6) is 0.564. The van der Waals surface area contributed by atoms with Crippen molar-refractivity contribution in [1.29, 1.82) is 0 Å². The molecule has 0 fully saturated rings. The number of hydrogen-bond acceptors (Lipinski definition) is 2. The van der Waals surface area contributed by atoms with Gasteiger partial charge in [0, 0.05) is 11.8 Å². The number of hydrogen-bond donors (Lipinski definition) is 1. The molecule has 2 heteroatoms. The molecule has 2 N–H and O–H groups in total. The summed E-state index contributed by atoms with van der Waals surface area (Å²) in [5, 5.41) is 0. The Morgan fingerprint density at radius 2 is 1.65 bits per heavy atom. The molecule has 0 aliphatic carbocycles. The van der Waals surface area contributed by atoms with Gasteiger partial charge in [0.1, 0.15) is 5.82 Å². The number of pyridine rings is 1. The van der Waals surface area contributed by atoms with Gasteiger partial charge >= 0.3 is 0 Å². The molecule has 0 saturated carbocycles. The van der Waals surface area contributed by atoms with Crippen molar-refractivity contribution in [3.8, 4) is 11.1 Å². The lowest BCUT2D eigenvalue weighted by molar-refractivity contribution is 1.04.